The minimum Gasteiger partial charge on any atom is -0.379 e. The number of hydrogen-bond donors (Lipinski definition) is 1. The van der Waals surface area contributed by atoms with E-state index >= 15 is 0 Å². The number of nitrogens with two attached hydrogens (primary N) is 1. The molecule has 0 fully saturated rings. The highest BCUT2D eigenvalue weighted by Crippen LogP contribution is 2.16. The Bertz CT molecular complexity index is 253. The highest BCUT2D eigenvalue weighted by Gasteiger charge is 2.19. The predicted molar refractivity (Wildman–Crippen MR) is 54.7 cm³/mol. The molecular formula is C10H17N3O. The van der Waals surface area contributed by atoms with E-state index in [1.54, 1.807) is 25.7 Å². The second kappa shape index (κ2) is 5.67. The first kappa shape index (κ1) is 11.1. The first-order chi connectivity index (χ1) is 6.79. The lowest BCUT2D eigenvalue weighted by Gasteiger charge is -2.21. The molecule has 0 spiro atoms. The molecule has 0 saturated heterocycles. The molecule has 2 unspecified atom stereocenters. The van der Waals surface area contributed by atoms with E-state index in [2.05, 4.69) is 16.9 Å². The molecule has 0 aromatic carbocycles. The summed E-state index contributed by atoms with van der Waals surface area (Å²) in [5.74, 6) is 0. The third-order valence-corrected chi connectivity index (χ3v) is 2.20. The van der Waals surface area contributed by atoms with Crippen molar-refractivity contribution in [1.82, 2.24) is 9.97 Å². The normalized spacial score (nSPS) is 15.1. The van der Waals surface area contributed by atoms with Crippen LogP contribution in [0.4, 0.5) is 0 Å². The molecule has 0 radical (unpaired) electrons. The van der Waals surface area contributed by atoms with E-state index in [0.29, 0.717) is 0 Å². The highest BCUT2D eigenvalue weighted by molar-refractivity contribution is 5.03. The van der Waals surface area contributed by atoms with Crippen LogP contribution in [-0.4, -0.2) is 23.2 Å². The van der Waals surface area contributed by atoms with Gasteiger partial charge in [-0.1, -0.05) is 13.3 Å². The van der Waals surface area contributed by atoms with Crippen molar-refractivity contribution in [2.45, 2.75) is 31.9 Å². The molecule has 2 atom stereocenters. The fraction of sp³-hybridized carbons (Fsp3) is 0.600. The molecule has 1 aromatic rings. The van der Waals surface area contributed by atoms with Crippen LogP contribution in [0.3, 0.4) is 0 Å². The minimum atomic E-state index is -0.186. The smallest absolute Gasteiger partial charge is 0.0780 e. The zero-order chi connectivity index (χ0) is 10.4. The Morgan fingerprint density at radius 1 is 1.50 bits per heavy atom. The van der Waals surface area contributed by atoms with Crippen LogP contribution in [-0.2, 0) is 4.74 Å². The first-order valence-electron chi connectivity index (χ1n) is 4.83. The Morgan fingerprint density at radius 3 is 2.79 bits per heavy atom. The van der Waals surface area contributed by atoms with E-state index in [0.717, 1.165) is 18.5 Å². The quantitative estimate of drug-likeness (QED) is 0.769. The predicted octanol–water partition coefficient (Wildman–Crippen LogP) is 1.29. The van der Waals surface area contributed by atoms with E-state index in [-0.39, 0.29) is 12.1 Å². The van der Waals surface area contributed by atoms with Crippen molar-refractivity contribution in [2.24, 2.45) is 5.73 Å². The van der Waals surface area contributed by atoms with Crippen LogP contribution in [0.15, 0.2) is 18.6 Å². The fourth-order valence-corrected chi connectivity index (χ4v) is 1.40. The van der Waals surface area contributed by atoms with Crippen molar-refractivity contribution < 1.29 is 4.74 Å². The van der Waals surface area contributed by atoms with E-state index in [1.807, 2.05) is 0 Å². The van der Waals surface area contributed by atoms with Crippen molar-refractivity contribution in [1.29, 1.82) is 0 Å². The number of methoxy groups -OCH3 is 1. The lowest BCUT2D eigenvalue weighted by Crippen LogP contribution is -2.28. The summed E-state index contributed by atoms with van der Waals surface area (Å²) in [6.07, 6.45) is 6.98. The molecule has 0 amide bonds. The minimum absolute atomic E-state index is 0.0247. The maximum absolute atomic E-state index is 6.01. The van der Waals surface area contributed by atoms with Crippen LogP contribution >= 0.6 is 0 Å². The topological polar surface area (TPSA) is 61.0 Å². The average Bonchev–Trinajstić information content (AvgIpc) is 2.26. The van der Waals surface area contributed by atoms with Crippen molar-refractivity contribution in [3.8, 4) is 0 Å². The summed E-state index contributed by atoms with van der Waals surface area (Å²) < 4.78 is 5.31. The van der Waals surface area contributed by atoms with Gasteiger partial charge in [-0.2, -0.15) is 0 Å². The Balaban J connectivity index is 2.67. The second-order valence-corrected chi connectivity index (χ2v) is 3.22. The van der Waals surface area contributed by atoms with Gasteiger partial charge >= 0.3 is 0 Å². The molecule has 0 aliphatic heterocycles. The lowest BCUT2D eigenvalue weighted by molar-refractivity contribution is 0.0713. The van der Waals surface area contributed by atoms with Crippen LogP contribution in [0.5, 0.6) is 0 Å². The standard InChI is InChI=1S/C10H17N3O/c1-3-4-9(14-2)10(11)8-7-12-5-6-13-8/h5-7,9-10H,3-4,11H2,1-2H3. The molecule has 0 saturated carbocycles. The van der Waals surface area contributed by atoms with Crippen molar-refractivity contribution >= 4 is 0 Å². The van der Waals surface area contributed by atoms with E-state index in [1.165, 1.54) is 0 Å². The Morgan fingerprint density at radius 2 is 2.29 bits per heavy atom. The van der Waals surface area contributed by atoms with Gasteiger partial charge in [0.2, 0.25) is 0 Å². The van der Waals surface area contributed by atoms with Crippen LogP contribution in [0.2, 0.25) is 0 Å². The van der Waals surface area contributed by atoms with Gasteiger partial charge in [-0.3, -0.25) is 9.97 Å². The fourth-order valence-electron chi connectivity index (χ4n) is 1.40. The molecule has 1 heterocycles. The van der Waals surface area contributed by atoms with Gasteiger partial charge in [0.1, 0.15) is 0 Å². The molecule has 0 bridgehead atoms. The SMILES string of the molecule is CCCC(OC)C(N)c1cnccn1. The number of nitrogens with zero attached hydrogens (tertiary/aromatic N) is 2. The molecule has 0 aliphatic carbocycles. The van der Waals surface area contributed by atoms with Crippen LogP contribution < -0.4 is 5.73 Å². The second-order valence-electron chi connectivity index (χ2n) is 3.22. The van der Waals surface area contributed by atoms with Gasteiger partial charge in [-0.05, 0) is 6.42 Å². The van der Waals surface area contributed by atoms with Crippen molar-refractivity contribution in [3.63, 3.8) is 0 Å². The zero-order valence-corrected chi connectivity index (χ0v) is 8.68. The Kier molecular flexibility index (Phi) is 4.49. The van der Waals surface area contributed by atoms with Crippen LogP contribution in [0.1, 0.15) is 31.5 Å². The summed E-state index contributed by atoms with van der Waals surface area (Å²) in [5, 5.41) is 0. The van der Waals surface area contributed by atoms with Gasteiger partial charge in [0, 0.05) is 19.5 Å². The third-order valence-electron chi connectivity index (χ3n) is 2.20. The maximum atomic E-state index is 6.01. The lowest BCUT2D eigenvalue weighted by atomic mass is 10.0. The van der Waals surface area contributed by atoms with Gasteiger partial charge in [0.25, 0.3) is 0 Å². The van der Waals surface area contributed by atoms with Gasteiger partial charge in [0.05, 0.1) is 24.0 Å². The zero-order valence-electron chi connectivity index (χ0n) is 8.68. The largest absolute Gasteiger partial charge is 0.379 e. The molecule has 4 nitrogen and oxygen atoms in total. The summed E-state index contributed by atoms with van der Waals surface area (Å²) in [6, 6.07) is -0.186. The monoisotopic (exact) mass is 195 g/mol. The molecule has 14 heavy (non-hydrogen) atoms. The summed E-state index contributed by atoms with van der Waals surface area (Å²) in [4.78, 5) is 8.15. The molecular weight excluding hydrogens is 178 g/mol. The summed E-state index contributed by atoms with van der Waals surface area (Å²) in [6.45, 7) is 2.11. The summed E-state index contributed by atoms with van der Waals surface area (Å²) in [7, 11) is 1.68. The van der Waals surface area contributed by atoms with E-state index < -0.39 is 0 Å². The molecule has 1 aromatic heterocycles. The van der Waals surface area contributed by atoms with Gasteiger partial charge in [0.15, 0.2) is 0 Å². The number of hydrogen-bond acceptors (Lipinski definition) is 4. The number of rotatable bonds is 5. The highest BCUT2D eigenvalue weighted by atomic mass is 16.5. The molecule has 78 valence electrons. The Labute approximate surface area is 84.5 Å². The van der Waals surface area contributed by atoms with Crippen LogP contribution in [0.25, 0.3) is 0 Å². The Hall–Kier alpha value is -1.00. The number of aromatic nitrogens is 2. The van der Waals surface area contributed by atoms with E-state index in [4.69, 9.17) is 10.5 Å². The van der Waals surface area contributed by atoms with Gasteiger partial charge < -0.3 is 10.5 Å². The molecule has 1 rings (SSSR count). The number of ether oxygens (including phenoxy) is 1. The van der Waals surface area contributed by atoms with E-state index in [9.17, 15) is 0 Å². The maximum Gasteiger partial charge on any atom is 0.0780 e. The van der Waals surface area contributed by atoms with Gasteiger partial charge in [-0.15, -0.1) is 0 Å². The average molecular weight is 195 g/mol. The summed E-state index contributed by atoms with van der Waals surface area (Å²) in [5.41, 5.74) is 6.79. The summed E-state index contributed by atoms with van der Waals surface area (Å²) >= 11 is 0. The third kappa shape index (κ3) is 2.75. The molecule has 2 N–H and O–H groups in total. The first-order valence-corrected chi connectivity index (χ1v) is 4.83. The van der Waals surface area contributed by atoms with Gasteiger partial charge in [-0.25, -0.2) is 0 Å². The molecule has 0 aliphatic rings. The van der Waals surface area contributed by atoms with Crippen LogP contribution in [0, 0.1) is 0 Å². The van der Waals surface area contributed by atoms with Crippen molar-refractivity contribution in [2.75, 3.05) is 7.11 Å². The molecule has 4 heteroatoms. The van der Waals surface area contributed by atoms with Crippen molar-refractivity contribution in [3.05, 3.63) is 24.3 Å².